The first-order valence-corrected chi connectivity index (χ1v) is 5.98. The van der Waals surface area contributed by atoms with Gasteiger partial charge in [-0.25, -0.2) is 0 Å². The predicted octanol–water partition coefficient (Wildman–Crippen LogP) is 3.09. The standard InChI is InChI=1S/C15H17NO2/c1-10-4-6-11(7-5-10)14(18)12-9-16-15(2,3)8-13(12)17/h4-7,9,18H,8H2,1-3H3. The Morgan fingerprint density at radius 2 is 1.89 bits per heavy atom. The Morgan fingerprint density at radius 3 is 2.44 bits per heavy atom. The molecule has 94 valence electrons. The van der Waals surface area contributed by atoms with Gasteiger partial charge < -0.3 is 5.11 Å². The molecule has 1 N–H and O–H groups in total. The summed E-state index contributed by atoms with van der Waals surface area (Å²) in [5, 5.41) is 10.1. The first-order valence-electron chi connectivity index (χ1n) is 5.98. The molecule has 0 spiro atoms. The molecule has 0 unspecified atom stereocenters. The molecule has 0 saturated heterocycles. The molecule has 2 rings (SSSR count). The molecule has 1 aromatic carbocycles. The van der Waals surface area contributed by atoms with Crippen molar-refractivity contribution in [2.75, 3.05) is 0 Å². The summed E-state index contributed by atoms with van der Waals surface area (Å²) in [5.74, 6) is -0.0488. The van der Waals surface area contributed by atoms with Crippen molar-refractivity contribution in [1.29, 1.82) is 0 Å². The summed E-state index contributed by atoms with van der Waals surface area (Å²) in [4.78, 5) is 16.3. The monoisotopic (exact) mass is 243 g/mol. The zero-order chi connectivity index (χ0) is 13.3. The van der Waals surface area contributed by atoms with Gasteiger partial charge in [-0.1, -0.05) is 29.8 Å². The molecule has 18 heavy (non-hydrogen) atoms. The van der Waals surface area contributed by atoms with Gasteiger partial charge in [0.05, 0.1) is 11.1 Å². The van der Waals surface area contributed by atoms with Crippen molar-refractivity contribution in [3.63, 3.8) is 0 Å². The quantitative estimate of drug-likeness (QED) is 0.608. The van der Waals surface area contributed by atoms with Gasteiger partial charge in [0.25, 0.3) is 0 Å². The van der Waals surface area contributed by atoms with Gasteiger partial charge >= 0.3 is 0 Å². The number of aliphatic hydroxyl groups is 1. The molecule has 1 aliphatic rings. The number of aliphatic imine (C=N–C) groups is 1. The van der Waals surface area contributed by atoms with Crippen LogP contribution in [0.1, 0.15) is 31.4 Å². The van der Waals surface area contributed by atoms with E-state index < -0.39 is 0 Å². The summed E-state index contributed by atoms with van der Waals surface area (Å²) >= 11 is 0. The third-order valence-corrected chi connectivity index (χ3v) is 3.02. The van der Waals surface area contributed by atoms with Crippen LogP contribution in [0.25, 0.3) is 5.76 Å². The van der Waals surface area contributed by atoms with Crippen LogP contribution < -0.4 is 0 Å². The SMILES string of the molecule is Cc1ccc(C(O)=C2C=NC(C)(C)CC2=O)cc1. The lowest BCUT2D eigenvalue weighted by atomic mass is 9.90. The average molecular weight is 243 g/mol. The average Bonchev–Trinajstić information content (AvgIpc) is 2.28. The van der Waals surface area contributed by atoms with Gasteiger partial charge in [-0.3, -0.25) is 9.79 Å². The lowest BCUT2D eigenvalue weighted by Gasteiger charge is -2.23. The second kappa shape index (κ2) is 4.41. The number of aryl methyl sites for hydroxylation is 1. The summed E-state index contributed by atoms with van der Waals surface area (Å²) in [7, 11) is 0. The van der Waals surface area contributed by atoms with E-state index in [-0.39, 0.29) is 17.1 Å². The van der Waals surface area contributed by atoms with Crippen LogP contribution >= 0.6 is 0 Å². The number of rotatable bonds is 1. The van der Waals surface area contributed by atoms with E-state index in [1.165, 1.54) is 6.21 Å². The molecule has 0 amide bonds. The molecule has 0 aromatic heterocycles. The van der Waals surface area contributed by atoms with Crippen LogP contribution in [0.4, 0.5) is 0 Å². The summed E-state index contributed by atoms with van der Waals surface area (Å²) in [6, 6.07) is 7.41. The van der Waals surface area contributed by atoms with Gasteiger partial charge in [0.15, 0.2) is 5.78 Å². The summed E-state index contributed by atoms with van der Waals surface area (Å²) in [6.07, 6.45) is 1.82. The number of Topliss-reactive ketones (excluding diaryl/α,β-unsaturated/α-hetero) is 1. The minimum absolute atomic E-state index is 0.0132. The molecule has 0 fully saturated rings. The number of carbonyl (C=O) groups is 1. The molecule has 1 aromatic rings. The van der Waals surface area contributed by atoms with E-state index in [2.05, 4.69) is 4.99 Å². The summed E-state index contributed by atoms with van der Waals surface area (Å²) < 4.78 is 0. The highest BCUT2D eigenvalue weighted by Crippen LogP contribution is 2.25. The molecule has 0 aliphatic carbocycles. The Kier molecular flexibility index (Phi) is 3.07. The predicted molar refractivity (Wildman–Crippen MR) is 72.9 cm³/mol. The number of ketones is 1. The fourth-order valence-corrected chi connectivity index (χ4v) is 1.91. The number of allylic oxidation sites excluding steroid dienone is 1. The Bertz CT molecular complexity index is 536. The molecule has 1 aliphatic heterocycles. The normalized spacial score (nSPS) is 20.9. The van der Waals surface area contributed by atoms with Gasteiger partial charge in [-0.2, -0.15) is 0 Å². The fourth-order valence-electron chi connectivity index (χ4n) is 1.91. The van der Waals surface area contributed by atoms with Gasteiger partial charge in [-0.05, 0) is 20.8 Å². The van der Waals surface area contributed by atoms with Gasteiger partial charge in [0, 0.05) is 18.2 Å². The summed E-state index contributed by atoms with van der Waals surface area (Å²) in [6.45, 7) is 5.78. The van der Waals surface area contributed by atoms with Crippen molar-refractivity contribution < 1.29 is 9.90 Å². The highest BCUT2D eigenvalue weighted by molar-refractivity contribution is 6.19. The maximum Gasteiger partial charge on any atom is 0.170 e. The van der Waals surface area contributed by atoms with E-state index >= 15 is 0 Å². The number of hydrogen-bond donors (Lipinski definition) is 1. The van der Waals surface area contributed by atoms with Crippen LogP contribution in [0.5, 0.6) is 0 Å². The van der Waals surface area contributed by atoms with Crippen molar-refractivity contribution >= 4 is 17.8 Å². The fraction of sp³-hybridized carbons (Fsp3) is 0.333. The van der Waals surface area contributed by atoms with Crippen LogP contribution in [0.3, 0.4) is 0 Å². The third kappa shape index (κ3) is 2.50. The molecular weight excluding hydrogens is 226 g/mol. The minimum Gasteiger partial charge on any atom is -0.507 e. The van der Waals surface area contributed by atoms with Crippen molar-refractivity contribution in [3.8, 4) is 0 Å². The summed E-state index contributed by atoms with van der Waals surface area (Å²) in [5.41, 5.74) is 1.70. The molecule has 0 atom stereocenters. The molecule has 3 heteroatoms. The molecular formula is C15H17NO2. The molecule has 0 bridgehead atoms. The van der Waals surface area contributed by atoms with Gasteiger partial charge in [0.1, 0.15) is 5.76 Å². The molecule has 1 heterocycles. The minimum atomic E-state index is -0.367. The molecule has 0 radical (unpaired) electrons. The maximum absolute atomic E-state index is 12.0. The van der Waals surface area contributed by atoms with Crippen molar-refractivity contribution in [2.45, 2.75) is 32.7 Å². The maximum atomic E-state index is 12.0. The van der Waals surface area contributed by atoms with Crippen molar-refractivity contribution in [3.05, 3.63) is 41.0 Å². The molecule has 3 nitrogen and oxygen atoms in total. The second-order valence-electron chi connectivity index (χ2n) is 5.30. The van der Waals surface area contributed by atoms with Gasteiger partial charge in [0.2, 0.25) is 0 Å². The van der Waals surface area contributed by atoms with E-state index in [0.717, 1.165) is 5.56 Å². The lowest BCUT2D eigenvalue weighted by molar-refractivity contribution is -0.116. The van der Waals surface area contributed by atoms with Gasteiger partial charge in [-0.15, -0.1) is 0 Å². The van der Waals surface area contributed by atoms with Crippen LogP contribution in [-0.2, 0) is 4.79 Å². The van der Waals surface area contributed by atoms with E-state index in [1.807, 2.05) is 32.9 Å². The first kappa shape index (κ1) is 12.6. The molecule has 0 saturated carbocycles. The number of hydrogen-bond acceptors (Lipinski definition) is 3. The Balaban J connectivity index is 2.42. The smallest absolute Gasteiger partial charge is 0.170 e. The van der Waals surface area contributed by atoms with E-state index in [1.54, 1.807) is 12.1 Å². The highest BCUT2D eigenvalue weighted by atomic mass is 16.3. The number of nitrogens with zero attached hydrogens (tertiary/aromatic N) is 1. The number of carbonyl (C=O) groups excluding carboxylic acids is 1. The van der Waals surface area contributed by atoms with E-state index in [0.29, 0.717) is 17.6 Å². The van der Waals surface area contributed by atoms with E-state index in [9.17, 15) is 9.90 Å². The van der Waals surface area contributed by atoms with Crippen LogP contribution in [-0.4, -0.2) is 22.6 Å². The highest BCUT2D eigenvalue weighted by Gasteiger charge is 2.28. The van der Waals surface area contributed by atoms with Crippen LogP contribution in [0, 0.1) is 6.92 Å². The van der Waals surface area contributed by atoms with E-state index in [4.69, 9.17) is 0 Å². The second-order valence-corrected chi connectivity index (χ2v) is 5.30. The largest absolute Gasteiger partial charge is 0.507 e. The topological polar surface area (TPSA) is 49.7 Å². The van der Waals surface area contributed by atoms with Crippen LogP contribution in [0.2, 0.25) is 0 Å². The van der Waals surface area contributed by atoms with Crippen LogP contribution in [0.15, 0.2) is 34.8 Å². The Morgan fingerprint density at radius 1 is 1.28 bits per heavy atom. The third-order valence-electron chi connectivity index (χ3n) is 3.02. The first-order chi connectivity index (χ1) is 8.39. The zero-order valence-corrected chi connectivity index (χ0v) is 10.9. The Labute approximate surface area is 107 Å². The van der Waals surface area contributed by atoms with Crippen molar-refractivity contribution in [2.24, 2.45) is 4.99 Å². The van der Waals surface area contributed by atoms with Crippen molar-refractivity contribution in [1.82, 2.24) is 0 Å². The lowest BCUT2D eigenvalue weighted by Crippen LogP contribution is -2.28. The number of aliphatic hydroxyl groups excluding tert-OH is 1. The number of benzene rings is 1. The Hall–Kier alpha value is -1.90. The zero-order valence-electron chi connectivity index (χ0n) is 10.9.